The maximum atomic E-state index is 6.18. The SMILES string of the molecule is c1ccc(-c2cccc(C3=N[C@H]4Cc5ccccc5[C@H]4O3)n2)cc1. The monoisotopic (exact) mass is 312 g/mol. The Balaban J connectivity index is 1.47. The van der Waals surface area contributed by atoms with Gasteiger partial charge in [-0.3, -0.25) is 0 Å². The fourth-order valence-electron chi connectivity index (χ4n) is 3.54. The number of pyridine rings is 1. The summed E-state index contributed by atoms with van der Waals surface area (Å²) in [6.07, 6.45) is 0.987. The molecule has 0 N–H and O–H groups in total. The van der Waals surface area contributed by atoms with Crippen molar-refractivity contribution in [1.82, 2.24) is 4.98 Å². The summed E-state index contributed by atoms with van der Waals surface area (Å²) in [5.41, 5.74) is 5.46. The number of hydrogen-bond acceptors (Lipinski definition) is 3. The minimum absolute atomic E-state index is 0.0402. The summed E-state index contributed by atoms with van der Waals surface area (Å²) in [6.45, 7) is 0. The molecular weight excluding hydrogens is 296 g/mol. The highest BCUT2D eigenvalue weighted by Crippen LogP contribution is 2.40. The van der Waals surface area contributed by atoms with E-state index in [2.05, 4.69) is 36.4 Å². The zero-order valence-corrected chi connectivity index (χ0v) is 13.1. The molecule has 3 aromatic rings. The summed E-state index contributed by atoms with van der Waals surface area (Å²) in [6, 6.07) is 24.8. The summed E-state index contributed by atoms with van der Waals surface area (Å²) in [7, 11) is 0. The molecule has 2 atom stereocenters. The van der Waals surface area contributed by atoms with E-state index in [0.717, 1.165) is 23.4 Å². The van der Waals surface area contributed by atoms with Gasteiger partial charge in [0.05, 0.1) is 11.7 Å². The Bertz CT molecular complexity index is 933. The van der Waals surface area contributed by atoms with Crippen LogP contribution in [0.25, 0.3) is 11.3 Å². The van der Waals surface area contributed by atoms with Gasteiger partial charge in [0.2, 0.25) is 5.90 Å². The lowest BCUT2D eigenvalue weighted by Crippen LogP contribution is -2.09. The topological polar surface area (TPSA) is 34.5 Å². The van der Waals surface area contributed by atoms with Crippen LogP contribution in [0.4, 0.5) is 0 Å². The van der Waals surface area contributed by atoms with Crippen LogP contribution in [0.2, 0.25) is 0 Å². The van der Waals surface area contributed by atoms with Gasteiger partial charge in [-0.05, 0) is 29.7 Å². The lowest BCUT2D eigenvalue weighted by atomic mass is 10.1. The van der Waals surface area contributed by atoms with Crippen molar-refractivity contribution in [3.8, 4) is 11.3 Å². The summed E-state index contributed by atoms with van der Waals surface area (Å²) >= 11 is 0. The number of ether oxygens (including phenoxy) is 1. The Morgan fingerprint density at radius 1 is 0.792 bits per heavy atom. The van der Waals surface area contributed by atoms with Crippen LogP contribution in [0.15, 0.2) is 77.8 Å². The van der Waals surface area contributed by atoms with Crippen LogP contribution >= 0.6 is 0 Å². The molecule has 3 nitrogen and oxygen atoms in total. The number of nitrogens with zero attached hydrogens (tertiary/aromatic N) is 2. The Hall–Kier alpha value is -2.94. The summed E-state index contributed by atoms with van der Waals surface area (Å²) < 4.78 is 6.18. The number of hydrogen-bond donors (Lipinski definition) is 0. The normalized spacial score (nSPS) is 20.9. The Kier molecular flexibility index (Phi) is 2.98. The molecule has 0 fully saturated rings. The van der Waals surface area contributed by atoms with Gasteiger partial charge in [-0.15, -0.1) is 0 Å². The molecule has 2 heterocycles. The molecule has 0 radical (unpaired) electrons. The highest BCUT2D eigenvalue weighted by atomic mass is 16.5. The first-order valence-electron chi connectivity index (χ1n) is 8.23. The molecular formula is C21H16N2O. The molecule has 3 heteroatoms. The van der Waals surface area contributed by atoms with Crippen molar-refractivity contribution < 1.29 is 4.74 Å². The van der Waals surface area contributed by atoms with Gasteiger partial charge >= 0.3 is 0 Å². The van der Waals surface area contributed by atoms with Crippen molar-refractivity contribution in [1.29, 1.82) is 0 Å². The van der Waals surface area contributed by atoms with Gasteiger partial charge in [0.1, 0.15) is 11.8 Å². The first-order valence-corrected chi connectivity index (χ1v) is 8.23. The summed E-state index contributed by atoms with van der Waals surface area (Å²) in [5.74, 6) is 0.664. The number of benzene rings is 2. The van der Waals surface area contributed by atoms with Crippen molar-refractivity contribution in [2.75, 3.05) is 0 Å². The number of aromatic nitrogens is 1. The second-order valence-corrected chi connectivity index (χ2v) is 6.22. The standard InChI is InChI=1S/C21H16N2O/c1-2-7-14(8-3-1)17-11-6-12-18(22-17)21-23-19-13-15-9-4-5-10-16(15)20(19)24-21/h1-12,19-20H,13H2/t19-,20+/m0/s1. The van der Waals surface area contributed by atoms with Crippen molar-refractivity contribution in [2.45, 2.75) is 18.6 Å². The zero-order chi connectivity index (χ0) is 15.9. The van der Waals surface area contributed by atoms with Crippen LogP contribution in [-0.2, 0) is 11.2 Å². The maximum absolute atomic E-state index is 6.18. The smallest absolute Gasteiger partial charge is 0.236 e. The first-order chi connectivity index (χ1) is 11.9. The molecule has 0 spiro atoms. The van der Waals surface area contributed by atoms with Gasteiger partial charge < -0.3 is 4.74 Å². The minimum Gasteiger partial charge on any atom is -0.466 e. The number of aliphatic imine (C=N–C) groups is 1. The Morgan fingerprint density at radius 3 is 2.50 bits per heavy atom. The van der Waals surface area contributed by atoms with Crippen LogP contribution in [0.3, 0.4) is 0 Å². The predicted molar refractivity (Wildman–Crippen MR) is 94.0 cm³/mol. The van der Waals surface area contributed by atoms with E-state index in [0.29, 0.717) is 5.90 Å². The largest absolute Gasteiger partial charge is 0.466 e. The van der Waals surface area contributed by atoms with Gasteiger partial charge in [-0.1, -0.05) is 60.7 Å². The van der Waals surface area contributed by atoms with Crippen LogP contribution in [0.5, 0.6) is 0 Å². The van der Waals surface area contributed by atoms with Gasteiger partial charge in [0.25, 0.3) is 0 Å². The molecule has 2 aromatic carbocycles. The summed E-state index contributed by atoms with van der Waals surface area (Å²) in [4.78, 5) is 9.55. The molecule has 5 rings (SSSR count). The van der Waals surface area contributed by atoms with E-state index in [1.807, 2.05) is 36.4 Å². The second kappa shape index (κ2) is 5.31. The molecule has 0 unspecified atom stereocenters. The van der Waals surface area contributed by atoms with Gasteiger partial charge in [0, 0.05) is 5.56 Å². The average molecular weight is 312 g/mol. The quantitative estimate of drug-likeness (QED) is 0.711. The van der Waals surface area contributed by atoms with Crippen molar-refractivity contribution in [2.24, 2.45) is 4.99 Å². The zero-order valence-electron chi connectivity index (χ0n) is 13.1. The van der Waals surface area contributed by atoms with Crippen LogP contribution < -0.4 is 0 Å². The van der Waals surface area contributed by atoms with E-state index < -0.39 is 0 Å². The van der Waals surface area contributed by atoms with Gasteiger partial charge in [0.15, 0.2) is 0 Å². The molecule has 2 aliphatic rings. The molecule has 1 aromatic heterocycles. The van der Waals surface area contributed by atoms with E-state index in [-0.39, 0.29) is 12.1 Å². The van der Waals surface area contributed by atoms with Crippen molar-refractivity contribution >= 4 is 5.90 Å². The first kappa shape index (κ1) is 13.5. The van der Waals surface area contributed by atoms with E-state index >= 15 is 0 Å². The highest BCUT2D eigenvalue weighted by Gasteiger charge is 2.39. The molecule has 0 amide bonds. The number of fused-ring (bicyclic) bond motifs is 3. The molecule has 24 heavy (non-hydrogen) atoms. The van der Waals surface area contributed by atoms with Crippen molar-refractivity contribution in [3.05, 3.63) is 89.6 Å². The third-order valence-corrected chi connectivity index (χ3v) is 4.70. The van der Waals surface area contributed by atoms with E-state index in [1.54, 1.807) is 0 Å². The fourth-order valence-corrected chi connectivity index (χ4v) is 3.54. The Labute approximate surface area is 140 Å². The fraction of sp³-hybridized carbons (Fsp3) is 0.143. The van der Waals surface area contributed by atoms with E-state index in [4.69, 9.17) is 14.7 Å². The molecule has 0 bridgehead atoms. The van der Waals surface area contributed by atoms with Gasteiger partial charge in [-0.25, -0.2) is 9.98 Å². The molecule has 1 aliphatic carbocycles. The lowest BCUT2D eigenvalue weighted by Gasteiger charge is -2.11. The maximum Gasteiger partial charge on any atom is 0.236 e. The summed E-state index contributed by atoms with van der Waals surface area (Å²) in [5, 5.41) is 0. The van der Waals surface area contributed by atoms with Gasteiger partial charge in [-0.2, -0.15) is 0 Å². The molecule has 0 saturated heterocycles. The molecule has 116 valence electrons. The molecule has 0 saturated carbocycles. The van der Waals surface area contributed by atoms with Crippen LogP contribution in [0.1, 0.15) is 22.9 Å². The highest BCUT2D eigenvalue weighted by molar-refractivity contribution is 5.94. The second-order valence-electron chi connectivity index (χ2n) is 6.22. The van der Waals surface area contributed by atoms with E-state index in [9.17, 15) is 0 Å². The predicted octanol–water partition coefficient (Wildman–Crippen LogP) is 4.19. The lowest BCUT2D eigenvalue weighted by molar-refractivity contribution is 0.208. The van der Waals surface area contributed by atoms with Crippen molar-refractivity contribution in [3.63, 3.8) is 0 Å². The Morgan fingerprint density at radius 2 is 1.58 bits per heavy atom. The van der Waals surface area contributed by atoms with Crippen LogP contribution in [0, 0.1) is 0 Å². The number of rotatable bonds is 2. The molecule has 1 aliphatic heterocycles. The van der Waals surface area contributed by atoms with Crippen LogP contribution in [-0.4, -0.2) is 16.9 Å². The van der Waals surface area contributed by atoms with E-state index in [1.165, 1.54) is 11.1 Å². The minimum atomic E-state index is 0.0402. The third-order valence-electron chi connectivity index (χ3n) is 4.70. The average Bonchev–Trinajstić information content (AvgIpc) is 3.21. The third kappa shape index (κ3) is 2.13.